The molecular formula is C54H33N3O. The second kappa shape index (κ2) is 11.8. The highest BCUT2D eigenvalue weighted by atomic mass is 16.3. The Kier molecular flexibility index (Phi) is 6.41. The Bertz CT molecular complexity index is 3750. The summed E-state index contributed by atoms with van der Waals surface area (Å²) in [5.41, 5.74) is 14.5. The van der Waals surface area contributed by atoms with Crippen LogP contribution in [-0.4, -0.2) is 13.7 Å². The maximum atomic E-state index is 6.68. The molecule has 0 unspecified atom stereocenters. The number of hydrogen-bond acceptors (Lipinski definition) is 1. The van der Waals surface area contributed by atoms with Gasteiger partial charge in [0.25, 0.3) is 0 Å². The van der Waals surface area contributed by atoms with Gasteiger partial charge in [0.2, 0.25) is 0 Å². The van der Waals surface area contributed by atoms with Gasteiger partial charge in [-0.1, -0.05) is 127 Å². The van der Waals surface area contributed by atoms with E-state index in [2.05, 4.69) is 214 Å². The molecule has 58 heavy (non-hydrogen) atoms. The van der Waals surface area contributed by atoms with E-state index in [9.17, 15) is 0 Å². The smallest absolute Gasteiger partial charge is 0.136 e. The average molecular weight is 740 g/mol. The Labute approximate surface area is 332 Å². The summed E-state index contributed by atoms with van der Waals surface area (Å²) in [4.78, 5) is 0. The van der Waals surface area contributed by atoms with Crippen LogP contribution in [0.4, 0.5) is 0 Å². The maximum Gasteiger partial charge on any atom is 0.136 e. The van der Waals surface area contributed by atoms with Crippen molar-refractivity contribution in [1.29, 1.82) is 0 Å². The number of nitrogens with zero attached hydrogens (tertiary/aromatic N) is 3. The summed E-state index contributed by atoms with van der Waals surface area (Å²) in [5, 5.41) is 9.59. The minimum Gasteiger partial charge on any atom is -0.456 e. The fraction of sp³-hybridized carbons (Fsp3) is 0. The first kappa shape index (κ1) is 31.4. The van der Waals surface area contributed by atoms with E-state index in [-0.39, 0.29) is 0 Å². The summed E-state index contributed by atoms with van der Waals surface area (Å²) in [6, 6.07) is 72.4. The number of aromatic nitrogens is 3. The molecule has 4 heterocycles. The number of furan rings is 1. The molecule has 0 saturated heterocycles. The van der Waals surface area contributed by atoms with E-state index >= 15 is 0 Å². The predicted octanol–water partition coefficient (Wildman–Crippen LogP) is 14.5. The lowest BCUT2D eigenvalue weighted by molar-refractivity contribution is 0.669. The van der Waals surface area contributed by atoms with Crippen LogP contribution in [0.15, 0.2) is 205 Å². The highest BCUT2D eigenvalue weighted by Crippen LogP contribution is 2.45. The standard InChI is InChI=1S/C54H33N3O/c1-2-15-34(16-3-1)55-47-27-11-7-20-42(47)53-48(55)28-14-29-49(53)57-46-26-10-6-19-38(46)40-22-12-23-41(54(40)57)39-21-13-30-51-52(39)43-33-35(31-32-50(43)58-51)56-44-24-8-4-17-36(44)37-18-5-9-25-45(37)56/h1-33H. The minimum atomic E-state index is 0.873. The van der Waals surface area contributed by atoms with Crippen LogP contribution in [-0.2, 0) is 0 Å². The number of para-hydroxylation sites is 6. The molecule has 0 atom stereocenters. The molecule has 13 aromatic rings. The Hall–Kier alpha value is -7.82. The normalized spacial score (nSPS) is 12.1. The van der Waals surface area contributed by atoms with Crippen LogP contribution in [0.3, 0.4) is 0 Å². The Morgan fingerprint density at radius 2 is 0.828 bits per heavy atom. The van der Waals surface area contributed by atoms with Crippen LogP contribution in [0.2, 0.25) is 0 Å². The lowest BCUT2D eigenvalue weighted by Gasteiger charge is -2.14. The van der Waals surface area contributed by atoms with Crippen molar-refractivity contribution in [2.75, 3.05) is 0 Å². The molecule has 0 radical (unpaired) electrons. The van der Waals surface area contributed by atoms with Crippen molar-refractivity contribution in [2.24, 2.45) is 0 Å². The van der Waals surface area contributed by atoms with Crippen molar-refractivity contribution < 1.29 is 4.42 Å². The summed E-state index contributed by atoms with van der Waals surface area (Å²) in [6.45, 7) is 0. The van der Waals surface area contributed by atoms with Crippen molar-refractivity contribution in [2.45, 2.75) is 0 Å². The lowest BCUT2D eigenvalue weighted by atomic mass is 9.97. The summed E-state index contributed by atoms with van der Waals surface area (Å²) in [7, 11) is 0. The van der Waals surface area contributed by atoms with Gasteiger partial charge in [-0.25, -0.2) is 0 Å². The molecule has 270 valence electrons. The molecule has 9 aromatic carbocycles. The van der Waals surface area contributed by atoms with E-state index in [0.29, 0.717) is 0 Å². The van der Waals surface area contributed by atoms with Crippen LogP contribution in [0.1, 0.15) is 0 Å². The van der Waals surface area contributed by atoms with Gasteiger partial charge in [-0.3, -0.25) is 0 Å². The molecule has 4 aromatic heterocycles. The first-order chi connectivity index (χ1) is 28.8. The second-order valence-electron chi connectivity index (χ2n) is 15.2. The SMILES string of the molecule is c1ccc(-n2c3ccccc3c3c(-n4c5ccccc5c5cccc(-c6cccc7oc8ccc(-n9c%10ccccc%10c%10ccccc%109)cc8c67)c54)cccc32)cc1. The van der Waals surface area contributed by atoms with Crippen molar-refractivity contribution in [3.05, 3.63) is 200 Å². The predicted molar refractivity (Wildman–Crippen MR) is 242 cm³/mol. The van der Waals surface area contributed by atoms with Gasteiger partial charge >= 0.3 is 0 Å². The van der Waals surface area contributed by atoms with E-state index in [1.807, 2.05) is 0 Å². The van der Waals surface area contributed by atoms with Crippen molar-refractivity contribution >= 4 is 87.4 Å². The molecule has 13 rings (SSSR count). The van der Waals surface area contributed by atoms with Crippen molar-refractivity contribution in [3.63, 3.8) is 0 Å². The Morgan fingerprint density at radius 3 is 1.57 bits per heavy atom. The van der Waals surface area contributed by atoms with Gasteiger partial charge in [-0.05, 0) is 78.4 Å². The molecule has 4 heteroatoms. The molecule has 0 amide bonds. The lowest BCUT2D eigenvalue weighted by Crippen LogP contribution is -1.98. The Morgan fingerprint density at radius 1 is 0.293 bits per heavy atom. The quantitative estimate of drug-likeness (QED) is 0.177. The van der Waals surface area contributed by atoms with Crippen LogP contribution in [0.5, 0.6) is 0 Å². The van der Waals surface area contributed by atoms with Gasteiger partial charge in [0, 0.05) is 60.0 Å². The van der Waals surface area contributed by atoms with Gasteiger partial charge in [0.15, 0.2) is 0 Å². The van der Waals surface area contributed by atoms with Crippen LogP contribution < -0.4 is 0 Å². The molecule has 0 saturated carbocycles. The molecule has 0 aliphatic rings. The van der Waals surface area contributed by atoms with Crippen LogP contribution in [0.25, 0.3) is 116 Å². The van der Waals surface area contributed by atoms with E-state index in [0.717, 1.165) is 50.1 Å². The number of fused-ring (bicyclic) bond motifs is 12. The van der Waals surface area contributed by atoms with Gasteiger partial charge in [0.1, 0.15) is 11.2 Å². The molecule has 0 N–H and O–H groups in total. The monoisotopic (exact) mass is 739 g/mol. The van der Waals surface area contributed by atoms with Gasteiger partial charge in [0.05, 0.1) is 38.8 Å². The molecule has 0 fully saturated rings. The van der Waals surface area contributed by atoms with E-state index in [1.165, 1.54) is 65.4 Å². The first-order valence-corrected chi connectivity index (χ1v) is 19.9. The average Bonchev–Trinajstić information content (AvgIpc) is 4.03. The minimum absolute atomic E-state index is 0.873. The number of rotatable bonds is 4. The topological polar surface area (TPSA) is 27.9 Å². The van der Waals surface area contributed by atoms with Crippen molar-refractivity contribution in [3.8, 4) is 28.2 Å². The highest BCUT2D eigenvalue weighted by molar-refractivity contribution is 6.21. The highest BCUT2D eigenvalue weighted by Gasteiger charge is 2.23. The van der Waals surface area contributed by atoms with Gasteiger partial charge in [-0.2, -0.15) is 0 Å². The number of hydrogen-bond donors (Lipinski definition) is 0. The van der Waals surface area contributed by atoms with E-state index < -0.39 is 0 Å². The van der Waals surface area contributed by atoms with E-state index in [4.69, 9.17) is 4.42 Å². The van der Waals surface area contributed by atoms with Gasteiger partial charge in [-0.15, -0.1) is 0 Å². The largest absolute Gasteiger partial charge is 0.456 e. The fourth-order valence-corrected chi connectivity index (χ4v) is 9.91. The molecule has 0 bridgehead atoms. The first-order valence-electron chi connectivity index (χ1n) is 19.9. The molecular weight excluding hydrogens is 707 g/mol. The maximum absolute atomic E-state index is 6.68. The molecule has 0 aliphatic carbocycles. The number of benzene rings is 9. The van der Waals surface area contributed by atoms with Gasteiger partial charge < -0.3 is 18.1 Å². The molecule has 0 spiro atoms. The fourth-order valence-electron chi connectivity index (χ4n) is 9.91. The zero-order chi connectivity index (χ0) is 37.9. The summed E-state index contributed by atoms with van der Waals surface area (Å²) in [5.74, 6) is 0. The third-order valence-corrected chi connectivity index (χ3v) is 12.2. The summed E-state index contributed by atoms with van der Waals surface area (Å²) < 4.78 is 14.0. The second-order valence-corrected chi connectivity index (χ2v) is 15.2. The third kappa shape index (κ3) is 4.23. The van der Waals surface area contributed by atoms with Crippen LogP contribution >= 0.6 is 0 Å². The van der Waals surface area contributed by atoms with E-state index in [1.54, 1.807) is 0 Å². The Balaban J connectivity index is 1.12. The molecule has 4 nitrogen and oxygen atoms in total. The summed E-state index contributed by atoms with van der Waals surface area (Å²) in [6.07, 6.45) is 0. The van der Waals surface area contributed by atoms with Crippen LogP contribution in [0, 0.1) is 0 Å². The third-order valence-electron chi connectivity index (χ3n) is 12.2. The summed E-state index contributed by atoms with van der Waals surface area (Å²) >= 11 is 0. The van der Waals surface area contributed by atoms with Crippen molar-refractivity contribution in [1.82, 2.24) is 13.7 Å². The molecule has 0 aliphatic heterocycles. The zero-order valence-electron chi connectivity index (χ0n) is 31.3. The zero-order valence-corrected chi connectivity index (χ0v) is 31.3.